The number of carbonyl (C=O) groups is 1. The van der Waals surface area contributed by atoms with Crippen molar-refractivity contribution in [3.63, 3.8) is 0 Å². The topological polar surface area (TPSA) is 64.1 Å². The summed E-state index contributed by atoms with van der Waals surface area (Å²) in [7, 11) is 1.63. The SMILES string of the molecule is COc1ccc(-c2nc(C(=O)Nc3nc(C(C)C)cs3)cs2)cc1. The van der Waals surface area contributed by atoms with Crippen molar-refractivity contribution in [3.8, 4) is 16.3 Å². The second-order valence-corrected chi connectivity index (χ2v) is 7.17. The third-order valence-electron chi connectivity index (χ3n) is 3.41. The molecule has 5 nitrogen and oxygen atoms in total. The van der Waals surface area contributed by atoms with Gasteiger partial charge in [0.25, 0.3) is 5.91 Å². The van der Waals surface area contributed by atoms with Crippen molar-refractivity contribution in [2.24, 2.45) is 0 Å². The van der Waals surface area contributed by atoms with Gasteiger partial charge in [-0.25, -0.2) is 9.97 Å². The van der Waals surface area contributed by atoms with E-state index in [1.165, 1.54) is 22.7 Å². The molecule has 0 fully saturated rings. The lowest BCUT2D eigenvalue weighted by atomic mass is 10.2. The first-order valence-electron chi connectivity index (χ1n) is 7.43. The highest BCUT2D eigenvalue weighted by Gasteiger charge is 2.14. The number of methoxy groups -OCH3 is 1. The van der Waals surface area contributed by atoms with E-state index in [1.54, 1.807) is 12.5 Å². The summed E-state index contributed by atoms with van der Waals surface area (Å²) in [5.41, 5.74) is 2.33. The van der Waals surface area contributed by atoms with Crippen LogP contribution in [-0.4, -0.2) is 23.0 Å². The second kappa shape index (κ2) is 7.11. The highest BCUT2D eigenvalue weighted by molar-refractivity contribution is 7.14. The van der Waals surface area contributed by atoms with E-state index in [1.807, 2.05) is 29.6 Å². The molecule has 0 atom stereocenters. The molecule has 1 amide bonds. The van der Waals surface area contributed by atoms with Crippen LogP contribution in [0.5, 0.6) is 5.75 Å². The van der Waals surface area contributed by atoms with Crippen molar-refractivity contribution < 1.29 is 9.53 Å². The monoisotopic (exact) mass is 359 g/mol. The van der Waals surface area contributed by atoms with Gasteiger partial charge in [-0.2, -0.15) is 0 Å². The molecule has 1 aromatic carbocycles. The molecule has 0 spiro atoms. The number of nitrogens with zero attached hydrogens (tertiary/aromatic N) is 2. The zero-order valence-electron chi connectivity index (χ0n) is 13.6. The second-order valence-electron chi connectivity index (χ2n) is 5.45. The first-order chi connectivity index (χ1) is 11.6. The molecule has 3 rings (SSSR count). The first kappa shape index (κ1) is 16.6. The maximum atomic E-state index is 12.3. The van der Waals surface area contributed by atoms with E-state index in [0.717, 1.165) is 22.0 Å². The van der Waals surface area contributed by atoms with E-state index < -0.39 is 0 Å². The molecule has 3 aromatic rings. The van der Waals surface area contributed by atoms with E-state index in [4.69, 9.17) is 4.74 Å². The van der Waals surface area contributed by atoms with Crippen LogP contribution in [0.3, 0.4) is 0 Å². The van der Waals surface area contributed by atoms with Gasteiger partial charge in [-0.15, -0.1) is 22.7 Å². The Morgan fingerprint density at radius 3 is 2.50 bits per heavy atom. The molecule has 0 bridgehead atoms. The molecule has 2 heterocycles. The quantitative estimate of drug-likeness (QED) is 0.720. The molecule has 0 saturated heterocycles. The number of amides is 1. The Hall–Kier alpha value is -2.25. The number of benzene rings is 1. The van der Waals surface area contributed by atoms with E-state index >= 15 is 0 Å². The molecule has 0 unspecified atom stereocenters. The maximum Gasteiger partial charge on any atom is 0.276 e. The van der Waals surface area contributed by atoms with Gasteiger partial charge in [-0.05, 0) is 30.2 Å². The summed E-state index contributed by atoms with van der Waals surface area (Å²) < 4.78 is 5.15. The highest BCUT2D eigenvalue weighted by Crippen LogP contribution is 2.27. The standard InChI is InChI=1S/C17H17N3O2S2/c1-10(2)13-8-24-17(19-13)20-15(21)14-9-23-16(18-14)11-4-6-12(22-3)7-5-11/h4-10H,1-3H3,(H,19,20,21). The van der Waals surface area contributed by atoms with Crippen molar-refractivity contribution in [1.82, 2.24) is 9.97 Å². The Kier molecular flexibility index (Phi) is 4.92. The Labute approximate surface area is 148 Å². The van der Waals surface area contributed by atoms with Crippen LogP contribution in [0.15, 0.2) is 35.0 Å². The minimum absolute atomic E-state index is 0.240. The fourth-order valence-electron chi connectivity index (χ4n) is 2.01. The smallest absolute Gasteiger partial charge is 0.276 e. The largest absolute Gasteiger partial charge is 0.497 e. The van der Waals surface area contributed by atoms with Crippen LogP contribution in [0.2, 0.25) is 0 Å². The van der Waals surface area contributed by atoms with Crippen LogP contribution in [0.25, 0.3) is 10.6 Å². The molecule has 2 aromatic heterocycles. The van der Waals surface area contributed by atoms with Crippen LogP contribution < -0.4 is 10.1 Å². The normalized spacial score (nSPS) is 10.8. The first-order valence-corrected chi connectivity index (χ1v) is 9.19. The van der Waals surface area contributed by atoms with E-state index in [2.05, 4.69) is 29.1 Å². The third kappa shape index (κ3) is 3.63. The number of hydrogen-bond donors (Lipinski definition) is 1. The summed E-state index contributed by atoms with van der Waals surface area (Å²) in [6.07, 6.45) is 0. The van der Waals surface area contributed by atoms with Crippen LogP contribution in [0.4, 0.5) is 5.13 Å². The minimum atomic E-state index is -0.240. The number of anilines is 1. The zero-order chi connectivity index (χ0) is 17.1. The molecular formula is C17H17N3O2S2. The lowest BCUT2D eigenvalue weighted by Crippen LogP contribution is -2.12. The lowest BCUT2D eigenvalue weighted by Gasteiger charge is -2.00. The predicted molar refractivity (Wildman–Crippen MR) is 98.3 cm³/mol. The Morgan fingerprint density at radius 2 is 1.88 bits per heavy atom. The molecule has 0 aliphatic carbocycles. The number of carbonyl (C=O) groups excluding carboxylic acids is 1. The van der Waals surface area contributed by atoms with E-state index in [-0.39, 0.29) is 5.91 Å². The van der Waals surface area contributed by atoms with Gasteiger partial charge in [0.15, 0.2) is 5.13 Å². The number of hydrogen-bond acceptors (Lipinski definition) is 6. The van der Waals surface area contributed by atoms with Crippen LogP contribution in [-0.2, 0) is 0 Å². The van der Waals surface area contributed by atoms with E-state index in [9.17, 15) is 4.79 Å². The minimum Gasteiger partial charge on any atom is -0.497 e. The van der Waals surface area contributed by atoms with Crippen molar-refractivity contribution in [1.29, 1.82) is 0 Å². The lowest BCUT2D eigenvalue weighted by molar-refractivity contribution is 0.102. The molecule has 0 radical (unpaired) electrons. The average Bonchev–Trinajstić information content (AvgIpc) is 3.24. The summed E-state index contributed by atoms with van der Waals surface area (Å²) in [5, 5.41) is 7.92. The average molecular weight is 359 g/mol. The Balaban J connectivity index is 1.72. The number of nitrogens with one attached hydrogen (secondary N) is 1. The van der Waals surface area contributed by atoms with Gasteiger partial charge in [0.2, 0.25) is 0 Å². The molecule has 7 heteroatoms. The summed E-state index contributed by atoms with van der Waals surface area (Å²) in [4.78, 5) is 21.1. The Bertz CT molecular complexity index is 838. The Morgan fingerprint density at radius 1 is 1.12 bits per heavy atom. The maximum absolute atomic E-state index is 12.3. The molecular weight excluding hydrogens is 342 g/mol. The van der Waals surface area contributed by atoms with Gasteiger partial charge < -0.3 is 4.74 Å². The van der Waals surface area contributed by atoms with Gasteiger partial charge >= 0.3 is 0 Å². The third-order valence-corrected chi connectivity index (χ3v) is 5.08. The summed E-state index contributed by atoms with van der Waals surface area (Å²) in [5.74, 6) is 0.890. The fraction of sp³-hybridized carbons (Fsp3) is 0.235. The molecule has 24 heavy (non-hydrogen) atoms. The van der Waals surface area contributed by atoms with Gasteiger partial charge in [0.05, 0.1) is 12.8 Å². The van der Waals surface area contributed by atoms with E-state index in [0.29, 0.717) is 16.7 Å². The zero-order valence-corrected chi connectivity index (χ0v) is 15.2. The summed E-state index contributed by atoms with van der Waals surface area (Å²) >= 11 is 2.86. The predicted octanol–water partition coefficient (Wildman–Crippen LogP) is 4.65. The number of thiazole rings is 2. The highest BCUT2D eigenvalue weighted by atomic mass is 32.1. The molecule has 0 saturated carbocycles. The van der Waals surface area contributed by atoms with Gasteiger partial charge in [-0.1, -0.05) is 13.8 Å². The molecule has 1 N–H and O–H groups in total. The summed E-state index contributed by atoms with van der Waals surface area (Å²) in [6.45, 7) is 4.14. The molecule has 0 aliphatic heterocycles. The van der Waals surface area contributed by atoms with Crippen molar-refractivity contribution in [2.45, 2.75) is 19.8 Å². The van der Waals surface area contributed by atoms with Crippen LogP contribution >= 0.6 is 22.7 Å². The molecule has 124 valence electrons. The van der Waals surface area contributed by atoms with Crippen molar-refractivity contribution in [3.05, 3.63) is 46.4 Å². The van der Waals surface area contributed by atoms with Crippen LogP contribution in [0, 0.1) is 0 Å². The van der Waals surface area contributed by atoms with Gasteiger partial charge in [0.1, 0.15) is 16.5 Å². The molecule has 0 aliphatic rings. The number of aromatic nitrogens is 2. The van der Waals surface area contributed by atoms with Crippen molar-refractivity contribution in [2.75, 3.05) is 12.4 Å². The van der Waals surface area contributed by atoms with Gasteiger partial charge in [-0.3, -0.25) is 10.1 Å². The number of rotatable bonds is 5. The fourth-order valence-corrected chi connectivity index (χ4v) is 3.69. The number of ether oxygens (including phenoxy) is 1. The van der Waals surface area contributed by atoms with Crippen molar-refractivity contribution >= 4 is 33.7 Å². The van der Waals surface area contributed by atoms with Crippen LogP contribution in [0.1, 0.15) is 35.9 Å². The summed E-state index contributed by atoms with van der Waals surface area (Å²) in [6, 6.07) is 7.60. The van der Waals surface area contributed by atoms with Gasteiger partial charge in [0, 0.05) is 16.3 Å².